The molecule has 0 atom stereocenters. The number of carbonyl (C=O) groups is 1. The third-order valence-electron chi connectivity index (χ3n) is 3.25. The van der Waals surface area contributed by atoms with E-state index in [1.165, 1.54) is 12.3 Å². The minimum atomic E-state index is -0.281. The standard InChI is InChI=1S/C13H16N4O2/c14-4-8-17-6-2-11(3-7-17)16-13(19)10-1-5-15-12(18)9-10/h1,5,9,11H,2-3,6-8H2,(H,15,18)(H,16,19). The van der Waals surface area contributed by atoms with Crippen LogP contribution < -0.4 is 10.9 Å². The molecule has 0 unspecified atom stereocenters. The zero-order valence-corrected chi connectivity index (χ0v) is 10.6. The van der Waals surface area contributed by atoms with Gasteiger partial charge in [0.05, 0.1) is 12.6 Å². The van der Waals surface area contributed by atoms with Gasteiger partial charge in [0.25, 0.3) is 5.91 Å². The lowest BCUT2D eigenvalue weighted by molar-refractivity contribution is 0.0914. The first kappa shape index (κ1) is 13.3. The number of piperidine rings is 1. The maximum Gasteiger partial charge on any atom is 0.251 e. The van der Waals surface area contributed by atoms with E-state index in [0.717, 1.165) is 25.9 Å². The quantitative estimate of drug-likeness (QED) is 0.754. The van der Waals surface area contributed by atoms with Gasteiger partial charge in [0.15, 0.2) is 0 Å². The number of nitrogens with one attached hydrogen (secondary N) is 2. The van der Waals surface area contributed by atoms with Gasteiger partial charge in [-0.2, -0.15) is 5.26 Å². The van der Waals surface area contributed by atoms with Crippen molar-refractivity contribution in [2.24, 2.45) is 0 Å². The van der Waals surface area contributed by atoms with Crippen LogP contribution in [0.1, 0.15) is 23.2 Å². The summed E-state index contributed by atoms with van der Waals surface area (Å²) < 4.78 is 0. The second-order valence-corrected chi connectivity index (χ2v) is 4.62. The summed E-state index contributed by atoms with van der Waals surface area (Å²) in [5.74, 6) is -0.218. The number of aromatic nitrogens is 1. The van der Waals surface area contributed by atoms with E-state index in [2.05, 4.69) is 21.3 Å². The lowest BCUT2D eigenvalue weighted by atomic mass is 10.0. The Kier molecular flexibility index (Phi) is 4.31. The predicted molar refractivity (Wildman–Crippen MR) is 69.6 cm³/mol. The smallest absolute Gasteiger partial charge is 0.251 e. The highest BCUT2D eigenvalue weighted by molar-refractivity contribution is 5.94. The summed E-state index contributed by atoms with van der Waals surface area (Å²) in [5.41, 5.74) is 0.0969. The van der Waals surface area contributed by atoms with Gasteiger partial charge in [-0.15, -0.1) is 0 Å². The first-order valence-corrected chi connectivity index (χ1v) is 6.28. The number of likely N-dealkylation sites (tertiary alicyclic amines) is 1. The molecule has 2 N–H and O–H groups in total. The molecule has 0 bridgehead atoms. The molecule has 1 fully saturated rings. The van der Waals surface area contributed by atoms with E-state index in [1.807, 2.05) is 0 Å². The second-order valence-electron chi connectivity index (χ2n) is 4.62. The van der Waals surface area contributed by atoms with Gasteiger partial charge in [-0.1, -0.05) is 0 Å². The molecule has 1 aliphatic heterocycles. The number of nitriles is 1. The van der Waals surface area contributed by atoms with E-state index in [4.69, 9.17) is 5.26 Å². The molecule has 1 aliphatic rings. The SMILES string of the molecule is N#CCN1CCC(NC(=O)c2cc[nH]c(=O)c2)CC1. The van der Waals surface area contributed by atoms with Gasteiger partial charge in [-0.3, -0.25) is 14.5 Å². The van der Waals surface area contributed by atoms with Crippen LogP contribution in [0.15, 0.2) is 23.1 Å². The van der Waals surface area contributed by atoms with E-state index in [9.17, 15) is 9.59 Å². The van der Waals surface area contributed by atoms with E-state index in [1.54, 1.807) is 6.07 Å². The molecule has 2 heterocycles. The van der Waals surface area contributed by atoms with Crippen molar-refractivity contribution in [3.63, 3.8) is 0 Å². The number of hydrogen-bond donors (Lipinski definition) is 2. The summed E-state index contributed by atoms with van der Waals surface area (Å²) in [5, 5.41) is 11.5. The lowest BCUT2D eigenvalue weighted by Crippen LogP contribution is -2.44. The number of rotatable bonds is 3. The fourth-order valence-corrected chi connectivity index (χ4v) is 2.19. The van der Waals surface area contributed by atoms with Crippen LogP contribution in [0.5, 0.6) is 0 Å². The van der Waals surface area contributed by atoms with Crippen LogP contribution >= 0.6 is 0 Å². The van der Waals surface area contributed by atoms with Crippen molar-refractivity contribution in [2.75, 3.05) is 19.6 Å². The summed E-state index contributed by atoms with van der Waals surface area (Å²) in [6, 6.07) is 5.11. The maximum atomic E-state index is 11.9. The summed E-state index contributed by atoms with van der Waals surface area (Å²) in [6.45, 7) is 2.07. The summed E-state index contributed by atoms with van der Waals surface area (Å²) in [4.78, 5) is 27.6. The van der Waals surface area contributed by atoms with Gasteiger partial charge in [0, 0.05) is 37.0 Å². The highest BCUT2D eigenvalue weighted by atomic mass is 16.2. The molecule has 1 aromatic rings. The molecule has 0 aliphatic carbocycles. The Hall–Kier alpha value is -2.13. The Morgan fingerprint density at radius 1 is 1.53 bits per heavy atom. The first-order valence-electron chi connectivity index (χ1n) is 6.28. The lowest BCUT2D eigenvalue weighted by Gasteiger charge is -2.30. The van der Waals surface area contributed by atoms with E-state index >= 15 is 0 Å². The number of amides is 1. The van der Waals surface area contributed by atoms with E-state index < -0.39 is 0 Å². The monoisotopic (exact) mass is 260 g/mol. The minimum absolute atomic E-state index is 0.113. The number of aromatic amines is 1. The molecule has 19 heavy (non-hydrogen) atoms. The number of carbonyl (C=O) groups excluding carboxylic acids is 1. The van der Waals surface area contributed by atoms with Crippen molar-refractivity contribution in [2.45, 2.75) is 18.9 Å². The Balaban J connectivity index is 1.88. The molecular weight excluding hydrogens is 244 g/mol. The first-order chi connectivity index (χ1) is 9.19. The molecular formula is C13H16N4O2. The molecule has 1 amide bonds. The topological polar surface area (TPSA) is 89.0 Å². The third kappa shape index (κ3) is 3.66. The van der Waals surface area contributed by atoms with Gasteiger partial charge in [0.2, 0.25) is 5.56 Å². The number of H-pyrrole nitrogens is 1. The Morgan fingerprint density at radius 2 is 2.26 bits per heavy atom. The van der Waals surface area contributed by atoms with Crippen LogP contribution in [-0.4, -0.2) is 41.5 Å². The van der Waals surface area contributed by atoms with Crippen molar-refractivity contribution < 1.29 is 4.79 Å². The Bertz CT molecular complexity index is 538. The zero-order chi connectivity index (χ0) is 13.7. The zero-order valence-electron chi connectivity index (χ0n) is 10.6. The van der Waals surface area contributed by atoms with Gasteiger partial charge in [-0.05, 0) is 18.9 Å². The summed E-state index contributed by atoms with van der Waals surface area (Å²) in [7, 11) is 0. The average Bonchev–Trinajstić information content (AvgIpc) is 2.41. The molecule has 0 radical (unpaired) electrons. The minimum Gasteiger partial charge on any atom is -0.349 e. The molecule has 0 saturated carbocycles. The van der Waals surface area contributed by atoms with Gasteiger partial charge < -0.3 is 10.3 Å². The Morgan fingerprint density at radius 3 is 2.89 bits per heavy atom. The van der Waals surface area contributed by atoms with E-state index in [0.29, 0.717) is 12.1 Å². The normalized spacial score (nSPS) is 16.8. The molecule has 100 valence electrons. The molecule has 0 aromatic carbocycles. The molecule has 1 aromatic heterocycles. The third-order valence-corrected chi connectivity index (χ3v) is 3.25. The highest BCUT2D eigenvalue weighted by Crippen LogP contribution is 2.10. The molecule has 1 saturated heterocycles. The fourth-order valence-electron chi connectivity index (χ4n) is 2.19. The van der Waals surface area contributed by atoms with Gasteiger partial charge in [-0.25, -0.2) is 0 Å². The highest BCUT2D eigenvalue weighted by Gasteiger charge is 2.20. The van der Waals surface area contributed by atoms with E-state index in [-0.39, 0.29) is 17.5 Å². The molecule has 0 spiro atoms. The van der Waals surface area contributed by atoms with Crippen molar-refractivity contribution in [1.29, 1.82) is 5.26 Å². The Labute approximate surface area is 111 Å². The van der Waals surface area contributed by atoms with Crippen LogP contribution in [0.25, 0.3) is 0 Å². The van der Waals surface area contributed by atoms with Gasteiger partial charge >= 0.3 is 0 Å². The largest absolute Gasteiger partial charge is 0.349 e. The predicted octanol–water partition coefficient (Wildman–Crippen LogP) is 0.0927. The number of nitrogens with zero attached hydrogens (tertiary/aromatic N) is 2. The maximum absolute atomic E-state index is 11.9. The fraction of sp³-hybridized carbons (Fsp3) is 0.462. The summed E-state index contributed by atoms with van der Waals surface area (Å²) >= 11 is 0. The van der Waals surface area contributed by atoms with Crippen LogP contribution in [-0.2, 0) is 0 Å². The number of pyridine rings is 1. The van der Waals surface area contributed by atoms with Crippen LogP contribution in [0.3, 0.4) is 0 Å². The van der Waals surface area contributed by atoms with Crippen molar-refractivity contribution >= 4 is 5.91 Å². The van der Waals surface area contributed by atoms with Crippen molar-refractivity contribution in [1.82, 2.24) is 15.2 Å². The van der Waals surface area contributed by atoms with Crippen molar-refractivity contribution in [3.8, 4) is 6.07 Å². The summed E-state index contributed by atoms with van der Waals surface area (Å²) in [6.07, 6.45) is 3.12. The molecule has 2 rings (SSSR count). The molecule has 6 heteroatoms. The van der Waals surface area contributed by atoms with Crippen LogP contribution in [0.4, 0.5) is 0 Å². The van der Waals surface area contributed by atoms with Crippen molar-refractivity contribution in [3.05, 3.63) is 34.2 Å². The van der Waals surface area contributed by atoms with Gasteiger partial charge in [0.1, 0.15) is 0 Å². The van der Waals surface area contributed by atoms with Crippen LogP contribution in [0, 0.1) is 11.3 Å². The number of hydrogen-bond acceptors (Lipinski definition) is 4. The molecule has 6 nitrogen and oxygen atoms in total. The van der Waals surface area contributed by atoms with Crippen LogP contribution in [0.2, 0.25) is 0 Å². The average molecular weight is 260 g/mol. The second kappa shape index (κ2) is 6.16.